The summed E-state index contributed by atoms with van der Waals surface area (Å²) >= 11 is 0. The number of hydrogen-bond acceptors (Lipinski definition) is 4. The molecule has 0 saturated heterocycles. The Morgan fingerprint density at radius 2 is 2.08 bits per heavy atom. The van der Waals surface area contributed by atoms with Gasteiger partial charge >= 0.3 is 0 Å². The normalized spacial score (nSPS) is 16.8. The molecule has 0 spiro atoms. The van der Waals surface area contributed by atoms with Crippen molar-refractivity contribution in [3.8, 4) is 0 Å². The second-order valence-corrected chi connectivity index (χ2v) is 6.37. The number of aromatic nitrogens is 1. The van der Waals surface area contributed by atoms with Crippen molar-refractivity contribution in [3.63, 3.8) is 0 Å². The van der Waals surface area contributed by atoms with Crippen LogP contribution in [0.3, 0.4) is 0 Å². The molecule has 6 nitrogen and oxygen atoms in total. The van der Waals surface area contributed by atoms with Gasteiger partial charge in [0.15, 0.2) is 5.96 Å². The molecule has 25 heavy (non-hydrogen) atoms. The zero-order chi connectivity index (χ0) is 17.3. The van der Waals surface area contributed by atoms with Crippen LogP contribution in [0.2, 0.25) is 0 Å². The fourth-order valence-corrected chi connectivity index (χ4v) is 3.04. The molecule has 1 aliphatic carbocycles. The third kappa shape index (κ3) is 5.60. The van der Waals surface area contributed by atoms with E-state index in [9.17, 15) is 5.11 Å². The fourth-order valence-electron chi connectivity index (χ4n) is 3.04. The topological polar surface area (TPSA) is 82.7 Å². The fraction of sp³-hybridized carbons (Fsp3) is 0.474. The van der Waals surface area contributed by atoms with Crippen LogP contribution in [0.15, 0.2) is 52.3 Å². The van der Waals surface area contributed by atoms with Crippen LogP contribution in [-0.2, 0) is 6.42 Å². The van der Waals surface area contributed by atoms with Crippen molar-refractivity contribution in [2.75, 3.05) is 13.1 Å². The van der Waals surface area contributed by atoms with Gasteiger partial charge in [-0.15, -0.1) is 0 Å². The molecule has 0 aromatic carbocycles. The number of aliphatic hydroxyl groups is 1. The van der Waals surface area contributed by atoms with Crippen molar-refractivity contribution >= 4 is 5.96 Å². The summed E-state index contributed by atoms with van der Waals surface area (Å²) in [5.74, 6) is 1.70. The summed E-state index contributed by atoms with van der Waals surface area (Å²) in [6, 6.07) is 7.96. The van der Waals surface area contributed by atoms with Crippen LogP contribution in [0.4, 0.5) is 0 Å². The Morgan fingerprint density at radius 3 is 2.80 bits per heavy atom. The van der Waals surface area contributed by atoms with Gasteiger partial charge in [-0.3, -0.25) is 9.98 Å². The van der Waals surface area contributed by atoms with E-state index in [-0.39, 0.29) is 0 Å². The molecule has 3 rings (SSSR count). The number of pyridine rings is 1. The first-order valence-electron chi connectivity index (χ1n) is 8.96. The lowest BCUT2D eigenvalue weighted by atomic mass is 10.1. The SMILES string of the molecule is OC(CN=C(NCCc1ccco1)NC1CCCC1)c1ccncc1. The van der Waals surface area contributed by atoms with E-state index in [0.29, 0.717) is 12.6 Å². The summed E-state index contributed by atoms with van der Waals surface area (Å²) in [6.45, 7) is 1.05. The number of guanidine groups is 1. The molecule has 1 atom stereocenters. The zero-order valence-corrected chi connectivity index (χ0v) is 14.4. The highest BCUT2D eigenvalue weighted by molar-refractivity contribution is 5.80. The summed E-state index contributed by atoms with van der Waals surface area (Å²) < 4.78 is 5.36. The van der Waals surface area contributed by atoms with E-state index in [4.69, 9.17) is 4.42 Å². The molecule has 2 aromatic heterocycles. The van der Waals surface area contributed by atoms with Crippen LogP contribution in [0.25, 0.3) is 0 Å². The molecule has 134 valence electrons. The number of aliphatic hydroxyl groups excluding tert-OH is 1. The Kier molecular flexibility index (Phi) is 6.45. The summed E-state index contributed by atoms with van der Waals surface area (Å²) in [5.41, 5.74) is 0.828. The molecule has 1 unspecified atom stereocenters. The molecule has 2 heterocycles. The van der Waals surface area contributed by atoms with Gasteiger partial charge in [0.05, 0.1) is 18.9 Å². The maximum absolute atomic E-state index is 10.3. The van der Waals surface area contributed by atoms with Gasteiger partial charge in [-0.25, -0.2) is 0 Å². The van der Waals surface area contributed by atoms with Crippen LogP contribution in [-0.4, -0.2) is 35.2 Å². The summed E-state index contributed by atoms with van der Waals surface area (Å²) in [7, 11) is 0. The summed E-state index contributed by atoms with van der Waals surface area (Å²) in [6.07, 6.45) is 10.1. The van der Waals surface area contributed by atoms with E-state index in [1.807, 2.05) is 24.3 Å². The minimum Gasteiger partial charge on any atom is -0.469 e. The van der Waals surface area contributed by atoms with E-state index >= 15 is 0 Å². The van der Waals surface area contributed by atoms with Crippen molar-refractivity contribution in [1.29, 1.82) is 0 Å². The van der Waals surface area contributed by atoms with Gasteiger partial charge in [0.25, 0.3) is 0 Å². The van der Waals surface area contributed by atoms with Gasteiger partial charge in [-0.2, -0.15) is 0 Å². The van der Waals surface area contributed by atoms with Crippen molar-refractivity contribution in [2.45, 2.75) is 44.2 Å². The molecular formula is C19H26N4O2. The van der Waals surface area contributed by atoms with Crippen molar-refractivity contribution < 1.29 is 9.52 Å². The molecule has 0 bridgehead atoms. The number of furan rings is 1. The second-order valence-electron chi connectivity index (χ2n) is 6.37. The molecule has 1 saturated carbocycles. The van der Waals surface area contributed by atoms with E-state index in [0.717, 1.165) is 30.2 Å². The lowest BCUT2D eigenvalue weighted by molar-refractivity contribution is 0.187. The van der Waals surface area contributed by atoms with Crippen LogP contribution in [0, 0.1) is 0 Å². The van der Waals surface area contributed by atoms with Crippen molar-refractivity contribution in [2.24, 2.45) is 4.99 Å². The average Bonchev–Trinajstić information content (AvgIpc) is 3.34. The second kappa shape index (κ2) is 9.22. The molecule has 1 aliphatic rings. The van der Waals surface area contributed by atoms with Gasteiger partial charge in [0.2, 0.25) is 0 Å². The Morgan fingerprint density at radius 1 is 1.28 bits per heavy atom. The first-order chi connectivity index (χ1) is 12.3. The number of aliphatic imine (C=N–C) groups is 1. The molecule has 6 heteroatoms. The summed E-state index contributed by atoms with van der Waals surface area (Å²) in [5, 5.41) is 17.1. The van der Waals surface area contributed by atoms with Crippen LogP contribution >= 0.6 is 0 Å². The molecule has 0 amide bonds. The number of hydrogen-bond donors (Lipinski definition) is 3. The largest absolute Gasteiger partial charge is 0.469 e. The Bertz CT molecular complexity index is 637. The van der Waals surface area contributed by atoms with Crippen molar-refractivity contribution in [1.82, 2.24) is 15.6 Å². The highest BCUT2D eigenvalue weighted by atomic mass is 16.3. The van der Waals surface area contributed by atoms with Crippen LogP contribution in [0.1, 0.15) is 43.1 Å². The van der Waals surface area contributed by atoms with E-state index in [2.05, 4.69) is 20.6 Å². The smallest absolute Gasteiger partial charge is 0.191 e. The average molecular weight is 342 g/mol. The third-order valence-corrected chi connectivity index (χ3v) is 4.45. The Labute approximate surface area is 148 Å². The highest BCUT2D eigenvalue weighted by Crippen LogP contribution is 2.17. The quantitative estimate of drug-likeness (QED) is 0.532. The van der Waals surface area contributed by atoms with Crippen molar-refractivity contribution in [3.05, 3.63) is 54.2 Å². The van der Waals surface area contributed by atoms with E-state index < -0.39 is 6.10 Å². The molecule has 1 fully saturated rings. The van der Waals surface area contributed by atoms with Gasteiger partial charge in [-0.1, -0.05) is 12.8 Å². The number of nitrogens with one attached hydrogen (secondary N) is 2. The van der Waals surface area contributed by atoms with Gasteiger partial charge < -0.3 is 20.2 Å². The number of nitrogens with zero attached hydrogens (tertiary/aromatic N) is 2. The molecular weight excluding hydrogens is 316 g/mol. The Balaban J connectivity index is 1.55. The predicted octanol–water partition coefficient (Wildman–Crippen LogP) is 2.43. The molecule has 0 radical (unpaired) electrons. The van der Waals surface area contributed by atoms with Crippen LogP contribution < -0.4 is 10.6 Å². The van der Waals surface area contributed by atoms with Gasteiger partial charge in [0, 0.05) is 31.4 Å². The lowest BCUT2D eigenvalue weighted by Gasteiger charge is -2.18. The lowest BCUT2D eigenvalue weighted by Crippen LogP contribution is -2.43. The minimum atomic E-state index is -0.629. The molecule has 0 aliphatic heterocycles. The first-order valence-corrected chi connectivity index (χ1v) is 8.96. The summed E-state index contributed by atoms with van der Waals surface area (Å²) in [4.78, 5) is 8.55. The first kappa shape index (κ1) is 17.5. The standard InChI is InChI=1S/C19H26N4O2/c24-18(15-7-10-20-11-8-15)14-22-19(23-16-4-1-2-5-16)21-12-9-17-6-3-13-25-17/h3,6-8,10-11,13,16,18,24H,1-2,4-5,9,12,14H2,(H2,21,22,23). The monoisotopic (exact) mass is 342 g/mol. The minimum absolute atomic E-state index is 0.312. The van der Waals surface area contributed by atoms with Gasteiger partial charge in [0.1, 0.15) is 5.76 Å². The van der Waals surface area contributed by atoms with E-state index in [1.165, 1.54) is 25.7 Å². The van der Waals surface area contributed by atoms with Crippen LogP contribution in [0.5, 0.6) is 0 Å². The maximum atomic E-state index is 10.3. The maximum Gasteiger partial charge on any atom is 0.191 e. The third-order valence-electron chi connectivity index (χ3n) is 4.45. The van der Waals surface area contributed by atoms with E-state index in [1.54, 1.807) is 18.7 Å². The highest BCUT2D eigenvalue weighted by Gasteiger charge is 2.16. The van der Waals surface area contributed by atoms with Gasteiger partial charge in [-0.05, 0) is 42.7 Å². The predicted molar refractivity (Wildman–Crippen MR) is 97.3 cm³/mol. The Hall–Kier alpha value is -2.34. The molecule has 3 N–H and O–H groups in total. The number of rotatable bonds is 7. The zero-order valence-electron chi connectivity index (χ0n) is 14.4. The molecule has 2 aromatic rings.